The lowest BCUT2D eigenvalue weighted by atomic mass is 10.2. The summed E-state index contributed by atoms with van der Waals surface area (Å²) in [5, 5.41) is 2.64. The van der Waals surface area contributed by atoms with E-state index in [9.17, 15) is 21.6 Å². The van der Waals surface area contributed by atoms with Gasteiger partial charge < -0.3 is 14.8 Å². The third-order valence-corrected chi connectivity index (χ3v) is 9.22. The number of amides is 1. The molecule has 10 nitrogen and oxygen atoms in total. The molecule has 1 atom stereocenters. The van der Waals surface area contributed by atoms with Crippen LogP contribution in [0.15, 0.2) is 76.5 Å². The molecule has 3 aromatic rings. The summed E-state index contributed by atoms with van der Waals surface area (Å²) in [5.74, 6) is -0.227. The Morgan fingerprint density at radius 1 is 1.00 bits per heavy atom. The van der Waals surface area contributed by atoms with Gasteiger partial charge in [-0.3, -0.25) is 9.10 Å². The van der Waals surface area contributed by atoms with Gasteiger partial charge in [-0.25, -0.2) is 21.6 Å². The van der Waals surface area contributed by atoms with Gasteiger partial charge in [0.15, 0.2) is 6.10 Å². The molecule has 1 aliphatic rings. The molecule has 0 aliphatic carbocycles. The van der Waals surface area contributed by atoms with Crippen molar-refractivity contribution in [3.8, 4) is 11.5 Å². The van der Waals surface area contributed by atoms with E-state index in [1.165, 1.54) is 37.4 Å². The molecule has 0 spiro atoms. The number of aryl methyl sites for hydroxylation is 1. The molecule has 1 heterocycles. The number of hydrogen-bond donors (Lipinski definition) is 2. The number of para-hydroxylation sites is 2. The summed E-state index contributed by atoms with van der Waals surface area (Å²) in [4.78, 5) is 13.4. The molecular weight excluding hydrogens is 530 g/mol. The highest BCUT2D eigenvalue weighted by atomic mass is 32.2. The van der Waals surface area contributed by atoms with E-state index in [0.29, 0.717) is 5.69 Å². The van der Waals surface area contributed by atoms with Crippen LogP contribution in [0, 0.1) is 6.92 Å². The van der Waals surface area contributed by atoms with Crippen molar-refractivity contribution in [3.05, 3.63) is 72.3 Å². The standard InChI is InChI=1S/C26H29N3O7S2/c1-17(2)28-37(31,32)20-13-14-23(35-4)21(15-20)27-26(30)25-16-29(22-7-5-6-8-24(22)36-25)38(33,34)19-11-9-18(3)10-12-19/h5-15,17,25,28H,16H2,1-4H3,(H,27,30)/t25-/m1/s1. The van der Waals surface area contributed by atoms with Crippen LogP contribution in [0.25, 0.3) is 0 Å². The maximum atomic E-state index is 13.6. The smallest absolute Gasteiger partial charge is 0.267 e. The average Bonchev–Trinajstić information content (AvgIpc) is 2.87. The van der Waals surface area contributed by atoms with Gasteiger partial charge in [0.1, 0.15) is 11.5 Å². The monoisotopic (exact) mass is 559 g/mol. The van der Waals surface area contributed by atoms with Gasteiger partial charge in [0.25, 0.3) is 15.9 Å². The lowest BCUT2D eigenvalue weighted by molar-refractivity contribution is -0.122. The van der Waals surface area contributed by atoms with Crippen molar-refractivity contribution in [1.82, 2.24) is 4.72 Å². The number of rotatable bonds is 8. The van der Waals surface area contributed by atoms with Crippen LogP contribution in [0.1, 0.15) is 19.4 Å². The van der Waals surface area contributed by atoms with Crippen LogP contribution >= 0.6 is 0 Å². The van der Waals surface area contributed by atoms with Gasteiger partial charge >= 0.3 is 0 Å². The minimum Gasteiger partial charge on any atom is -0.495 e. The van der Waals surface area contributed by atoms with Crippen LogP contribution in [0.4, 0.5) is 11.4 Å². The minimum absolute atomic E-state index is 0.0687. The molecule has 0 radical (unpaired) electrons. The minimum atomic E-state index is -4.02. The molecule has 3 aromatic carbocycles. The number of benzene rings is 3. The Kier molecular flexibility index (Phi) is 7.68. The fraction of sp³-hybridized carbons (Fsp3) is 0.269. The molecule has 1 amide bonds. The van der Waals surface area contributed by atoms with Gasteiger partial charge in [-0.2, -0.15) is 0 Å². The van der Waals surface area contributed by atoms with E-state index >= 15 is 0 Å². The Morgan fingerprint density at radius 3 is 2.32 bits per heavy atom. The van der Waals surface area contributed by atoms with Crippen LogP contribution in [0.5, 0.6) is 11.5 Å². The SMILES string of the molecule is COc1ccc(S(=O)(=O)NC(C)C)cc1NC(=O)[C@H]1CN(S(=O)(=O)c2ccc(C)cc2)c2ccccc2O1. The van der Waals surface area contributed by atoms with Gasteiger partial charge in [0, 0.05) is 6.04 Å². The van der Waals surface area contributed by atoms with Crippen molar-refractivity contribution in [1.29, 1.82) is 0 Å². The molecule has 0 saturated carbocycles. The summed E-state index contributed by atoms with van der Waals surface area (Å²) in [7, 11) is -6.48. The van der Waals surface area contributed by atoms with Gasteiger partial charge in [-0.05, 0) is 63.2 Å². The summed E-state index contributed by atoms with van der Waals surface area (Å²) in [6.45, 7) is 4.94. The van der Waals surface area contributed by atoms with Crippen LogP contribution in [0.2, 0.25) is 0 Å². The molecule has 2 N–H and O–H groups in total. The van der Waals surface area contributed by atoms with E-state index in [0.717, 1.165) is 9.87 Å². The number of anilines is 2. The summed E-state index contributed by atoms with van der Waals surface area (Å²) >= 11 is 0. The lowest BCUT2D eigenvalue weighted by Crippen LogP contribution is -2.48. The van der Waals surface area contributed by atoms with Crippen LogP contribution in [-0.2, 0) is 24.8 Å². The van der Waals surface area contributed by atoms with E-state index < -0.39 is 32.1 Å². The first-order valence-electron chi connectivity index (χ1n) is 11.8. The first-order valence-corrected chi connectivity index (χ1v) is 14.7. The molecule has 0 bridgehead atoms. The molecule has 1 aliphatic heterocycles. The summed E-state index contributed by atoms with van der Waals surface area (Å²) in [6, 6.07) is 16.7. The molecule has 0 saturated heterocycles. The van der Waals surface area contributed by atoms with Crippen LogP contribution < -0.4 is 23.8 Å². The van der Waals surface area contributed by atoms with E-state index in [1.807, 2.05) is 6.92 Å². The van der Waals surface area contributed by atoms with Crippen LogP contribution in [-0.4, -0.2) is 48.5 Å². The second-order valence-electron chi connectivity index (χ2n) is 9.05. The topological polar surface area (TPSA) is 131 Å². The number of carbonyl (C=O) groups excluding carboxylic acids is 1. The zero-order chi connectivity index (χ0) is 27.7. The molecule has 0 unspecified atom stereocenters. The van der Waals surface area contributed by atoms with Gasteiger partial charge in [0.05, 0.1) is 34.8 Å². The number of carbonyl (C=O) groups is 1. The number of methoxy groups -OCH3 is 1. The van der Waals surface area contributed by atoms with Crippen molar-refractivity contribution in [2.75, 3.05) is 23.3 Å². The highest BCUT2D eigenvalue weighted by molar-refractivity contribution is 7.92. The largest absolute Gasteiger partial charge is 0.495 e. The second kappa shape index (κ2) is 10.6. The van der Waals surface area contributed by atoms with E-state index in [-0.39, 0.29) is 39.6 Å². The van der Waals surface area contributed by atoms with Crippen molar-refractivity contribution in [2.45, 2.75) is 42.7 Å². The highest BCUT2D eigenvalue weighted by Crippen LogP contribution is 2.37. The third kappa shape index (κ3) is 5.62. The Labute approximate surface area is 222 Å². The normalized spacial score (nSPS) is 15.5. The quantitative estimate of drug-likeness (QED) is 0.433. The van der Waals surface area contributed by atoms with Crippen molar-refractivity contribution in [2.24, 2.45) is 0 Å². The average molecular weight is 560 g/mol. The first-order chi connectivity index (χ1) is 17.9. The molecule has 0 fully saturated rings. The van der Waals surface area contributed by atoms with E-state index in [1.54, 1.807) is 50.2 Å². The summed E-state index contributed by atoms with van der Waals surface area (Å²) < 4.78 is 67.3. The maximum Gasteiger partial charge on any atom is 0.267 e. The molecule has 38 heavy (non-hydrogen) atoms. The number of hydrogen-bond acceptors (Lipinski definition) is 7. The number of sulfonamides is 2. The van der Waals surface area contributed by atoms with E-state index in [2.05, 4.69) is 10.0 Å². The number of nitrogens with zero attached hydrogens (tertiary/aromatic N) is 1. The van der Waals surface area contributed by atoms with Gasteiger partial charge in [-0.1, -0.05) is 29.8 Å². The lowest BCUT2D eigenvalue weighted by Gasteiger charge is -2.34. The highest BCUT2D eigenvalue weighted by Gasteiger charge is 2.37. The Hall–Kier alpha value is -3.61. The van der Waals surface area contributed by atoms with E-state index in [4.69, 9.17) is 9.47 Å². The summed E-state index contributed by atoms with van der Waals surface area (Å²) in [6.07, 6.45) is -1.23. The Morgan fingerprint density at radius 2 is 1.66 bits per heavy atom. The van der Waals surface area contributed by atoms with Gasteiger partial charge in [0.2, 0.25) is 10.0 Å². The second-order valence-corrected chi connectivity index (χ2v) is 12.6. The molecular formula is C26H29N3O7S2. The fourth-order valence-corrected chi connectivity index (χ4v) is 6.70. The van der Waals surface area contributed by atoms with Crippen molar-refractivity contribution < 1.29 is 31.1 Å². The zero-order valence-corrected chi connectivity index (χ0v) is 23.0. The zero-order valence-electron chi connectivity index (χ0n) is 21.3. The van der Waals surface area contributed by atoms with Gasteiger partial charge in [-0.15, -0.1) is 0 Å². The number of fused-ring (bicyclic) bond motifs is 1. The summed E-state index contributed by atoms with van der Waals surface area (Å²) in [5.41, 5.74) is 1.31. The predicted molar refractivity (Wildman–Crippen MR) is 144 cm³/mol. The third-order valence-electron chi connectivity index (χ3n) is 5.77. The molecule has 12 heteroatoms. The Balaban J connectivity index is 1.66. The number of nitrogens with one attached hydrogen (secondary N) is 2. The molecule has 4 rings (SSSR count). The predicted octanol–water partition coefficient (Wildman–Crippen LogP) is 3.29. The molecule has 202 valence electrons. The number of ether oxygens (including phenoxy) is 2. The first kappa shape index (κ1) is 27.4. The van der Waals surface area contributed by atoms with Crippen molar-refractivity contribution >= 4 is 37.3 Å². The van der Waals surface area contributed by atoms with Crippen molar-refractivity contribution in [3.63, 3.8) is 0 Å². The van der Waals surface area contributed by atoms with Crippen LogP contribution in [0.3, 0.4) is 0 Å². The Bertz CT molecular complexity index is 1550. The fourth-order valence-electron chi connectivity index (χ4n) is 3.95. The molecule has 0 aromatic heterocycles. The maximum absolute atomic E-state index is 13.6.